The minimum atomic E-state index is -4.58. The number of benzene rings is 1. The van der Waals surface area contributed by atoms with Crippen LogP contribution in [0, 0.1) is 16.7 Å². The van der Waals surface area contributed by atoms with Crippen LogP contribution in [0.4, 0.5) is 18.9 Å². The Kier molecular flexibility index (Phi) is 4.58. The topological polar surface area (TPSA) is 84.0 Å². The van der Waals surface area contributed by atoms with Crippen LogP contribution in [0.15, 0.2) is 23.1 Å². The van der Waals surface area contributed by atoms with Gasteiger partial charge >= 0.3 is 6.18 Å². The Bertz CT molecular complexity index is 674. The van der Waals surface area contributed by atoms with Gasteiger partial charge in [-0.25, -0.2) is 8.42 Å². The van der Waals surface area contributed by atoms with E-state index in [1.54, 1.807) is 13.8 Å². The smallest absolute Gasteiger partial charge is 0.398 e. The fraction of sp³-hybridized carbons (Fsp3) is 0.462. The maximum Gasteiger partial charge on any atom is 0.416 e. The number of nitrogen functional groups attached to an aromatic ring is 1. The lowest BCUT2D eigenvalue weighted by Gasteiger charge is -2.16. The highest BCUT2D eigenvalue weighted by Gasteiger charge is 2.32. The quantitative estimate of drug-likeness (QED) is 0.864. The minimum absolute atomic E-state index is 0.0618. The van der Waals surface area contributed by atoms with Crippen LogP contribution in [0.5, 0.6) is 0 Å². The average molecular weight is 320 g/mol. The molecule has 0 radical (unpaired) electrons. The van der Waals surface area contributed by atoms with E-state index in [2.05, 4.69) is 0 Å². The van der Waals surface area contributed by atoms with Gasteiger partial charge in [0.2, 0.25) is 0 Å². The van der Waals surface area contributed by atoms with Gasteiger partial charge in [0.25, 0.3) is 0 Å². The van der Waals surface area contributed by atoms with Crippen LogP contribution >= 0.6 is 0 Å². The zero-order valence-electron chi connectivity index (χ0n) is 11.5. The molecule has 0 fully saturated rings. The number of sulfone groups is 1. The highest BCUT2D eigenvalue weighted by atomic mass is 32.2. The van der Waals surface area contributed by atoms with Gasteiger partial charge < -0.3 is 5.73 Å². The molecule has 1 aromatic rings. The van der Waals surface area contributed by atoms with Gasteiger partial charge in [0.05, 0.1) is 33.4 Å². The number of halogens is 3. The number of hydrogen-bond donors (Lipinski definition) is 1. The zero-order valence-corrected chi connectivity index (χ0v) is 12.3. The second kappa shape index (κ2) is 5.56. The summed E-state index contributed by atoms with van der Waals surface area (Å²) in [5.41, 5.74) is 3.14. The molecule has 0 atom stereocenters. The number of hydrogen-bond acceptors (Lipinski definition) is 4. The summed E-state index contributed by atoms with van der Waals surface area (Å²) >= 11 is 0. The number of anilines is 1. The van der Waals surface area contributed by atoms with E-state index >= 15 is 0 Å². The molecule has 1 aromatic carbocycles. The van der Waals surface area contributed by atoms with Crippen LogP contribution in [-0.2, 0) is 16.0 Å². The van der Waals surface area contributed by atoms with Crippen molar-refractivity contribution in [1.29, 1.82) is 5.26 Å². The number of nitrogens with zero attached hydrogens (tertiary/aromatic N) is 1. The molecule has 0 aliphatic carbocycles. The third-order valence-electron chi connectivity index (χ3n) is 2.97. The van der Waals surface area contributed by atoms with Gasteiger partial charge in [0.15, 0.2) is 9.84 Å². The second-order valence-corrected chi connectivity index (χ2v) is 7.39. The maximum absolute atomic E-state index is 12.5. The molecule has 0 amide bonds. The molecule has 0 aliphatic rings. The SMILES string of the molecule is CC(C)(C#N)CCS(=O)(=O)c1ccc(C(F)(F)F)cc1N. The summed E-state index contributed by atoms with van der Waals surface area (Å²) in [6, 6.07) is 4.10. The molecule has 4 nitrogen and oxygen atoms in total. The van der Waals surface area contributed by atoms with Crippen molar-refractivity contribution in [2.75, 3.05) is 11.5 Å². The highest BCUT2D eigenvalue weighted by molar-refractivity contribution is 7.91. The van der Waals surface area contributed by atoms with E-state index in [0.29, 0.717) is 12.1 Å². The van der Waals surface area contributed by atoms with Gasteiger partial charge in [-0.2, -0.15) is 18.4 Å². The molecular weight excluding hydrogens is 305 g/mol. The molecule has 1 rings (SSSR count). The van der Waals surface area contributed by atoms with Crippen LogP contribution in [0.2, 0.25) is 0 Å². The molecule has 2 N–H and O–H groups in total. The Labute approximate surface area is 121 Å². The predicted octanol–water partition coefficient (Wildman–Crippen LogP) is 3.00. The molecule has 0 saturated carbocycles. The van der Waals surface area contributed by atoms with Crippen molar-refractivity contribution < 1.29 is 21.6 Å². The van der Waals surface area contributed by atoms with Crippen molar-refractivity contribution in [2.45, 2.75) is 31.3 Å². The number of rotatable bonds is 4. The summed E-state index contributed by atoms with van der Waals surface area (Å²) in [5, 5.41) is 8.85. The fourth-order valence-electron chi connectivity index (χ4n) is 1.56. The number of nitriles is 1. The summed E-state index contributed by atoms with van der Waals surface area (Å²) in [6.45, 7) is 3.16. The molecule has 0 bridgehead atoms. The Balaban J connectivity index is 3.09. The Hall–Kier alpha value is -1.75. The van der Waals surface area contributed by atoms with Crippen LogP contribution < -0.4 is 5.73 Å². The largest absolute Gasteiger partial charge is 0.416 e. The maximum atomic E-state index is 12.5. The van der Waals surface area contributed by atoms with Crippen molar-refractivity contribution in [2.24, 2.45) is 5.41 Å². The highest BCUT2D eigenvalue weighted by Crippen LogP contribution is 2.33. The van der Waals surface area contributed by atoms with Crippen LogP contribution in [-0.4, -0.2) is 14.2 Å². The van der Waals surface area contributed by atoms with E-state index in [0.717, 1.165) is 6.07 Å². The fourth-order valence-corrected chi connectivity index (χ4v) is 3.26. The molecule has 0 aliphatic heterocycles. The van der Waals surface area contributed by atoms with Gasteiger partial charge in [0, 0.05) is 0 Å². The first kappa shape index (κ1) is 17.3. The summed E-state index contributed by atoms with van der Waals surface area (Å²) in [6.07, 6.45) is -4.52. The monoisotopic (exact) mass is 320 g/mol. The zero-order chi connectivity index (χ0) is 16.5. The first-order valence-electron chi connectivity index (χ1n) is 6.00. The van der Waals surface area contributed by atoms with E-state index < -0.39 is 32.7 Å². The Morgan fingerprint density at radius 2 is 1.86 bits per heavy atom. The molecule has 8 heteroatoms. The first-order chi connectivity index (χ1) is 9.39. The van der Waals surface area contributed by atoms with Crippen LogP contribution in [0.1, 0.15) is 25.8 Å². The van der Waals surface area contributed by atoms with Crippen molar-refractivity contribution >= 4 is 15.5 Å². The molecule has 21 heavy (non-hydrogen) atoms. The predicted molar refractivity (Wildman–Crippen MR) is 71.9 cm³/mol. The third kappa shape index (κ3) is 4.36. The lowest BCUT2D eigenvalue weighted by atomic mass is 9.93. The molecule has 116 valence electrons. The number of nitrogens with two attached hydrogens (primary N) is 1. The summed E-state index contributed by atoms with van der Waals surface area (Å²) < 4.78 is 61.7. The third-order valence-corrected chi connectivity index (χ3v) is 4.75. The normalized spacial score (nSPS) is 13.0. The van der Waals surface area contributed by atoms with Gasteiger partial charge in [-0.05, 0) is 38.5 Å². The number of alkyl halides is 3. The molecule has 0 unspecified atom stereocenters. The van der Waals surface area contributed by atoms with E-state index in [-0.39, 0.29) is 17.1 Å². The standard InChI is InChI=1S/C13H15F3N2O2S/c1-12(2,8-17)5-6-21(19,20)11-4-3-9(7-10(11)18)13(14,15)16/h3-4,7H,5-6,18H2,1-2H3. The lowest BCUT2D eigenvalue weighted by molar-refractivity contribution is -0.137. The lowest BCUT2D eigenvalue weighted by Crippen LogP contribution is -2.17. The molecule has 0 aromatic heterocycles. The van der Waals surface area contributed by atoms with Crippen LogP contribution in [0.3, 0.4) is 0 Å². The van der Waals surface area contributed by atoms with Crippen LogP contribution in [0.25, 0.3) is 0 Å². The Morgan fingerprint density at radius 3 is 2.29 bits per heavy atom. The molecular formula is C13H15F3N2O2S. The summed E-state index contributed by atoms with van der Waals surface area (Å²) in [4.78, 5) is -0.343. The van der Waals surface area contributed by atoms with E-state index in [1.165, 1.54) is 0 Å². The summed E-state index contributed by atoms with van der Waals surface area (Å²) in [7, 11) is -3.84. The molecule has 0 spiro atoms. The summed E-state index contributed by atoms with van der Waals surface area (Å²) in [5.74, 6) is -0.358. The van der Waals surface area contributed by atoms with Gasteiger partial charge in [-0.3, -0.25) is 0 Å². The van der Waals surface area contributed by atoms with E-state index in [4.69, 9.17) is 11.0 Å². The van der Waals surface area contributed by atoms with Gasteiger partial charge in [-0.1, -0.05) is 0 Å². The Morgan fingerprint density at radius 1 is 1.29 bits per heavy atom. The van der Waals surface area contributed by atoms with E-state index in [1.807, 2.05) is 6.07 Å². The van der Waals surface area contributed by atoms with Crippen molar-refractivity contribution in [3.05, 3.63) is 23.8 Å². The van der Waals surface area contributed by atoms with Crippen molar-refractivity contribution in [1.82, 2.24) is 0 Å². The minimum Gasteiger partial charge on any atom is -0.398 e. The van der Waals surface area contributed by atoms with Gasteiger partial charge in [0.1, 0.15) is 0 Å². The first-order valence-corrected chi connectivity index (χ1v) is 7.65. The van der Waals surface area contributed by atoms with Crippen molar-refractivity contribution in [3.8, 4) is 6.07 Å². The average Bonchev–Trinajstić information content (AvgIpc) is 2.35. The molecule has 0 saturated heterocycles. The van der Waals surface area contributed by atoms with Gasteiger partial charge in [-0.15, -0.1) is 0 Å². The van der Waals surface area contributed by atoms with E-state index in [9.17, 15) is 21.6 Å². The van der Waals surface area contributed by atoms with Crippen molar-refractivity contribution in [3.63, 3.8) is 0 Å². The molecule has 0 heterocycles. The second-order valence-electron chi connectivity index (χ2n) is 5.31.